The molecular weight excluding hydrogens is 284 g/mol. The van der Waals surface area contributed by atoms with E-state index >= 15 is 0 Å². The smallest absolute Gasteiger partial charge is 0.246 e. The van der Waals surface area contributed by atoms with E-state index in [1.165, 1.54) is 26.4 Å². The van der Waals surface area contributed by atoms with E-state index in [2.05, 4.69) is 14.8 Å². The molecule has 0 heterocycles. The van der Waals surface area contributed by atoms with E-state index in [0.29, 0.717) is 5.75 Å². The minimum Gasteiger partial charge on any atom is -0.497 e. The highest BCUT2D eigenvalue weighted by molar-refractivity contribution is 7.89. The van der Waals surface area contributed by atoms with Crippen molar-refractivity contribution < 1.29 is 22.7 Å². The normalized spacial score (nSPS) is 11.1. The van der Waals surface area contributed by atoms with E-state index < -0.39 is 10.0 Å². The van der Waals surface area contributed by atoms with Crippen LogP contribution in [0, 0.1) is 0 Å². The molecule has 0 aromatic heterocycles. The Morgan fingerprint density at radius 3 is 2.35 bits per heavy atom. The van der Waals surface area contributed by atoms with E-state index in [1.807, 2.05) is 0 Å². The average Bonchev–Trinajstić information content (AvgIpc) is 2.44. The molecule has 0 atom stereocenters. The number of carbonyl (C=O) groups excluding carboxylic acids is 1. The molecule has 0 aliphatic heterocycles. The van der Waals surface area contributed by atoms with Crippen molar-refractivity contribution in [2.75, 3.05) is 33.9 Å². The van der Waals surface area contributed by atoms with Gasteiger partial charge in [0, 0.05) is 20.2 Å². The lowest BCUT2D eigenvalue weighted by atomic mass is 10.3. The molecule has 20 heavy (non-hydrogen) atoms. The first-order chi connectivity index (χ1) is 9.49. The van der Waals surface area contributed by atoms with Crippen LogP contribution in [0.15, 0.2) is 29.2 Å². The van der Waals surface area contributed by atoms with Crippen LogP contribution in [0.4, 0.5) is 0 Å². The Kier molecular flexibility index (Phi) is 6.43. The zero-order valence-corrected chi connectivity index (χ0v) is 12.2. The minimum absolute atomic E-state index is 0.0504. The fraction of sp³-hybridized carbons (Fsp3) is 0.417. The number of sulfonamides is 1. The largest absolute Gasteiger partial charge is 0.497 e. The molecule has 2 N–H and O–H groups in total. The second-order valence-electron chi connectivity index (χ2n) is 3.86. The summed E-state index contributed by atoms with van der Waals surface area (Å²) < 4.78 is 35.8. The molecule has 0 radical (unpaired) electrons. The van der Waals surface area contributed by atoms with Crippen molar-refractivity contribution in [2.24, 2.45) is 0 Å². The first kappa shape index (κ1) is 16.4. The fourth-order valence-electron chi connectivity index (χ4n) is 1.41. The molecule has 0 aliphatic rings. The summed E-state index contributed by atoms with van der Waals surface area (Å²) in [6.07, 6.45) is 0. The van der Waals surface area contributed by atoms with E-state index in [0.717, 1.165) is 0 Å². The van der Waals surface area contributed by atoms with Crippen molar-refractivity contribution in [3.63, 3.8) is 0 Å². The van der Waals surface area contributed by atoms with Crippen molar-refractivity contribution in [1.82, 2.24) is 10.0 Å². The molecule has 7 nitrogen and oxygen atoms in total. The van der Waals surface area contributed by atoms with Crippen LogP contribution in [-0.4, -0.2) is 48.2 Å². The highest BCUT2D eigenvalue weighted by Crippen LogP contribution is 2.14. The van der Waals surface area contributed by atoms with Gasteiger partial charge >= 0.3 is 0 Å². The first-order valence-electron chi connectivity index (χ1n) is 5.89. The Bertz CT molecular complexity index is 527. The van der Waals surface area contributed by atoms with Crippen molar-refractivity contribution in [1.29, 1.82) is 0 Å². The third-order valence-corrected chi connectivity index (χ3v) is 3.86. The predicted molar refractivity (Wildman–Crippen MR) is 73.1 cm³/mol. The van der Waals surface area contributed by atoms with E-state index in [-0.39, 0.29) is 30.5 Å². The lowest BCUT2D eigenvalue weighted by Gasteiger charge is -2.08. The maximum absolute atomic E-state index is 11.9. The summed E-state index contributed by atoms with van der Waals surface area (Å²) >= 11 is 0. The van der Waals surface area contributed by atoms with Gasteiger partial charge in [0.15, 0.2) is 0 Å². The molecule has 0 saturated carbocycles. The summed E-state index contributed by atoms with van der Waals surface area (Å²) in [7, 11) is -0.670. The maximum atomic E-state index is 11.9. The highest BCUT2D eigenvalue weighted by atomic mass is 32.2. The fourth-order valence-corrected chi connectivity index (χ4v) is 2.44. The Balaban J connectivity index is 2.47. The number of rotatable bonds is 8. The summed E-state index contributed by atoms with van der Waals surface area (Å²) in [5.41, 5.74) is 0. The van der Waals surface area contributed by atoms with Crippen LogP contribution in [0.25, 0.3) is 0 Å². The molecule has 1 aromatic rings. The Morgan fingerprint density at radius 2 is 1.80 bits per heavy atom. The minimum atomic E-state index is -3.58. The van der Waals surface area contributed by atoms with Crippen LogP contribution in [-0.2, 0) is 19.6 Å². The number of methoxy groups -OCH3 is 2. The van der Waals surface area contributed by atoms with Gasteiger partial charge in [0.25, 0.3) is 0 Å². The van der Waals surface area contributed by atoms with Crippen LogP contribution in [0.3, 0.4) is 0 Å². The van der Waals surface area contributed by atoms with Gasteiger partial charge in [0.2, 0.25) is 15.9 Å². The van der Waals surface area contributed by atoms with Gasteiger partial charge in [-0.25, -0.2) is 13.1 Å². The molecule has 112 valence electrons. The molecule has 8 heteroatoms. The van der Waals surface area contributed by atoms with Crippen LogP contribution >= 0.6 is 0 Å². The second-order valence-corrected chi connectivity index (χ2v) is 5.62. The van der Waals surface area contributed by atoms with Crippen molar-refractivity contribution in [3.8, 4) is 5.75 Å². The van der Waals surface area contributed by atoms with Crippen molar-refractivity contribution in [2.45, 2.75) is 4.90 Å². The molecule has 0 bridgehead atoms. The van der Waals surface area contributed by atoms with Gasteiger partial charge in [0.1, 0.15) is 12.4 Å². The Labute approximate surface area is 118 Å². The molecule has 1 amide bonds. The van der Waals surface area contributed by atoms with Crippen LogP contribution in [0.2, 0.25) is 0 Å². The van der Waals surface area contributed by atoms with Gasteiger partial charge in [-0.2, -0.15) is 0 Å². The second kappa shape index (κ2) is 7.83. The summed E-state index contributed by atoms with van der Waals surface area (Å²) in [6, 6.07) is 6.03. The maximum Gasteiger partial charge on any atom is 0.246 e. The molecule has 0 saturated heterocycles. The number of ether oxygens (including phenoxy) is 2. The number of amides is 1. The molecule has 0 fully saturated rings. The zero-order valence-electron chi connectivity index (χ0n) is 11.4. The van der Waals surface area contributed by atoms with E-state index in [9.17, 15) is 13.2 Å². The van der Waals surface area contributed by atoms with Crippen LogP contribution in [0.5, 0.6) is 5.75 Å². The van der Waals surface area contributed by atoms with Crippen LogP contribution in [0.1, 0.15) is 0 Å². The third kappa shape index (κ3) is 5.16. The lowest BCUT2D eigenvalue weighted by Crippen LogP contribution is -2.36. The van der Waals surface area contributed by atoms with Gasteiger partial charge in [-0.3, -0.25) is 4.79 Å². The predicted octanol–water partition coefficient (Wildman–Crippen LogP) is -0.264. The Hall–Kier alpha value is -1.64. The van der Waals surface area contributed by atoms with E-state index in [1.54, 1.807) is 12.1 Å². The molecular formula is C12H18N2O5S. The van der Waals surface area contributed by atoms with Crippen molar-refractivity contribution in [3.05, 3.63) is 24.3 Å². The monoisotopic (exact) mass is 302 g/mol. The van der Waals surface area contributed by atoms with Crippen LogP contribution < -0.4 is 14.8 Å². The quantitative estimate of drug-likeness (QED) is 0.645. The Morgan fingerprint density at radius 1 is 1.15 bits per heavy atom. The van der Waals surface area contributed by atoms with Gasteiger partial charge in [-0.15, -0.1) is 0 Å². The number of carbonyl (C=O) groups is 1. The van der Waals surface area contributed by atoms with Gasteiger partial charge in [0.05, 0.1) is 12.0 Å². The van der Waals surface area contributed by atoms with Crippen molar-refractivity contribution >= 4 is 15.9 Å². The van der Waals surface area contributed by atoms with E-state index in [4.69, 9.17) is 4.74 Å². The number of hydrogen-bond acceptors (Lipinski definition) is 5. The van der Waals surface area contributed by atoms with Gasteiger partial charge < -0.3 is 14.8 Å². The summed E-state index contributed by atoms with van der Waals surface area (Å²) in [5.74, 6) is 0.284. The number of benzene rings is 1. The van der Waals surface area contributed by atoms with Gasteiger partial charge in [-0.1, -0.05) is 0 Å². The number of hydrogen-bond donors (Lipinski definition) is 2. The molecule has 1 aromatic carbocycles. The highest BCUT2D eigenvalue weighted by Gasteiger charge is 2.13. The molecule has 0 unspecified atom stereocenters. The molecule has 0 aliphatic carbocycles. The molecule has 1 rings (SSSR count). The van der Waals surface area contributed by atoms with Gasteiger partial charge in [-0.05, 0) is 24.3 Å². The third-order valence-electron chi connectivity index (χ3n) is 2.38. The molecule has 0 spiro atoms. The summed E-state index contributed by atoms with van der Waals surface area (Å²) in [6.45, 7) is 0.243. The zero-order chi connectivity index (χ0) is 15.0. The average molecular weight is 302 g/mol. The topological polar surface area (TPSA) is 93.7 Å². The summed E-state index contributed by atoms with van der Waals surface area (Å²) in [5, 5.41) is 2.51. The SMILES string of the molecule is COCC(=O)NCCNS(=O)(=O)c1ccc(OC)cc1. The first-order valence-corrected chi connectivity index (χ1v) is 7.37. The lowest BCUT2D eigenvalue weighted by molar-refractivity contribution is -0.124. The standard InChI is InChI=1S/C12H18N2O5S/c1-18-9-12(15)13-7-8-14-20(16,17)11-5-3-10(19-2)4-6-11/h3-6,14H,7-9H2,1-2H3,(H,13,15). The summed E-state index contributed by atoms with van der Waals surface area (Å²) in [4.78, 5) is 11.2. The number of nitrogens with one attached hydrogen (secondary N) is 2.